The molecule has 2 rings (SSSR count). The Hall–Kier alpha value is -2.46. The SMILES string of the molecule is C#CCOC(=O)O[C@H]1C(OP(=O)([O-])OC(C)(C)C)[C@@H](COC(C)(C)C)O[C@H]1n1ccc(N)nc1=O. The van der Waals surface area contributed by atoms with Crippen LogP contribution in [0.2, 0.25) is 0 Å². The molecule has 0 radical (unpaired) electrons. The van der Waals surface area contributed by atoms with Gasteiger partial charge in [-0.3, -0.25) is 9.13 Å². The predicted octanol–water partition coefficient (Wildman–Crippen LogP) is 1.36. The van der Waals surface area contributed by atoms with Gasteiger partial charge in [-0.05, 0) is 47.6 Å². The molecule has 1 fully saturated rings. The summed E-state index contributed by atoms with van der Waals surface area (Å²) in [6.07, 6.45) is -0.379. The molecule has 0 aliphatic carbocycles. The Morgan fingerprint density at radius 1 is 1.29 bits per heavy atom. The lowest BCUT2D eigenvalue weighted by Gasteiger charge is -2.35. The summed E-state index contributed by atoms with van der Waals surface area (Å²) >= 11 is 0. The highest BCUT2D eigenvalue weighted by Crippen LogP contribution is 2.48. The van der Waals surface area contributed by atoms with Crippen molar-refractivity contribution in [2.75, 3.05) is 18.9 Å². The number of carbonyl (C=O) groups excluding carboxylic acids is 1. The summed E-state index contributed by atoms with van der Waals surface area (Å²) in [5.41, 5.74) is 2.96. The van der Waals surface area contributed by atoms with Gasteiger partial charge in [0.05, 0.1) is 17.8 Å². The Labute approximate surface area is 203 Å². The van der Waals surface area contributed by atoms with Crippen LogP contribution >= 0.6 is 7.82 Å². The zero-order valence-electron chi connectivity index (χ0n) is 20.5. The van der Waals surface area contributed by atoms with Gasteiger partial charge in [-0.2, -0.15) is 4.98 Å². The molecule has 14 heteroatoms. The van der Waals surface area contributed by atoms with Crippen molar-refractivity contribution in [2.45, 2.75) is 77.3 Å². The number of phosphoric ester groups is 1. The largest absolute Gasteiger partial charge is 0.756 e. The summed E-state index contributed by atoms with van der Waals surface area (Å²) in [6, 6.07) is 1.31. The summed E-state index contributed by atoms with van der Waals surface area (Å²) in [5, 5.41) is 0. The Bertz CT molecular complexity index is 1040. The Morgan fingerprint density at radius 2 is 1.94 bits per heavy atom. The van der Waals surface area contributed by atoms with E-state index in [4.69, 9.17) is 40.2 Å². The van der Waals surface area contributed by atoms with Crippen molar-refractivity contribution in [1.82, 2.24) is 9.55 Å². The van der Waals surface area contributed by atoms with Crippen LogP contribution in [0.4, 0.5) is 10.6 Å². The Balaban J connectivity index is 2.50. The summed E-state index contributed by atoms with van der Waals surface area (Å²) < 4.78 is 45.8. The number of hydrogen-bond donors (Lipinski definition) is 1. The lowest BCUT2D eigenvalue weighted by molar-refractivity contribution is -0.242. The second kappa shape index (κ2) is 11.1. The van der Waals surface area contributed by atoms with Crippen LogP contribution in [0.3, 0.4) is 0 Å². The summed E-state index contributed by atoms with van der Waals surface area (Å²) in [5.74, 6) is 2.05. The average Bonchev–Trinajstić information content (AvgIpc) is 2.98. The lowest BCUT2D eigenvalue weighted by atomic mass is 10.1. The Morgan fingerprint density at radius 3 is 2.49 bits per heavy atom. The van der Waals surface area contributed by atoms with Gasteiger partial charge in [-0.1, -0.05) is 5.92 Å². The van der Waals surface area contributed by atoms with Crippen molar-refractivity contribution >= 4 is 19.8 Å². The number of nitrogens with zero attached hydrogens (tertiary/aromatic N) is 2. The maximum absolute atomic E-state index is 12.7. The van der Waals surface area contributed by atoms with Gasteiger partial charge in [-0.25, -0.2) is 9.59 Å². The molecule has 0 bridgehead atoms. The molecule has 2 unspecified atom stereocenters. The topological polar surface area (TPSA) is 173 Å². The fraction of sp³-hybridized carbons (Fsp3) is 0.667. The van der Waals surface area contributed by atoms with Crippen LogP contribution in [0.5, 0.6) is 0 Å². The summed E-state index contributed by atoms with van der Waals surface area (Å²) in [7, 11) is -4.98. The van der Waals surface area contributed by atoms with Gasteiger partial charge in [0.15, 0.2) is 18.9 Å². The fourth-order valence-corrected chi connectivity index (χ4v) is 4.29. The summed E-state index contributed by atoms with van der Waals surface area (Å²) in [4.78, 5) is 41.1. The smallest absolute Gasteiger partial charge is 0.509 e. The normalized spacial score (nSPS) is 24.4. The van der Waals surface area contributed by atoms with E-state index in [1.165, 1.54) is 33.0 Å². The molecular formula is C21H31N3O10P-. The highest BCUT2D eigenvalue weighted by Gasteiger charge is 2.51. The van der Waals surface area contributed by atoms with E-state index < -0.39 is 62.0 Å². The van der Waals surface area contributed by atoms with Crippen molar-refractivity contribution in [3.8, 4) is 12.3 Å². The molecule has 196 valence electrons. The monoisotopic (exact) mass is 516 g/mol. The van der Waals surface area contributed by atoms with E-state index in [-0.39, 0.29) is 12.4 Å². The van der Waals surface area contributed by atoms with Crippen LogP contribution in [-0.4, -0.2) is 58.4 Å². The minimum atomic E-state index is -4.98. The molecule has 1 aromatic heterocycles. The first kappa shape index (κ1) is 28.8. The zero-order valence-corrected chi connectivity index (χ0v) is 21.4. The van der Waals surface area contributed by atoms with E-state index in [9.17, 15) is 19.0 Å². The molecule has 13 nitrogen and oxygen atoms in total. The molecule has 1 saturated heterocycles. The third-order valence-electron chi connectivity index (χ3n) is 4.23. The minimum absolute atomic E-state index is 0.0572. The first-order chi connectivity index (χ1) is 16.0. The van der Waals surface area contributed by atoms with Crippen molar-refractivity contribution < 1.29 is 42.2 Å². The van der Waals surface area contributed by atoms with E-state index >= 15 is 0 Å². The van der Waals surface area contributed by atoms with Crippen molar-refractivity contribution in [3.63, 3.8) is 0 Å². The minimum Gasteiger partial charge on any atom is -0.756 e. The molecular weight excluding hydrogens is 485 g/mol. The second-order valence-corrected chi connectivity index (χ2v) is 10.9. The number of anilines is 1. The first-order valence-corrected chi connectivity index (χ1v) is 12.1. The molecule has 2 N–H and O–H groups in total. The van der Waals surface area contributed by atoms with Crippen molar-refractivity contribution in [2.24, 2.45) is 0 Å². The second-order valence-electron chi connectivity index (χ2n) is 9.58. The third-order valence-corrected chi connectivity index (χ3v) is 5.51. The van der Waals surface area contributed by atoms with Crippen LogP contribution in [0.15, 0.2) is 17.1 Å². The maximum atomic E-state index is 12.7. The van der Waals surface area contributed by atoms with E-state index in [2.05, 4.69) is 10.9 Å². The predicted molar refractivity (Wildman–Crippen MR) is 121 cm³/mol. The maximum Gasteiger partial charge on any atom is 0.509 e. The molecule has 0 spiro atoms. The molecule has 1 aliphatic heterocycles. The zero-order chi connectivity index (χ0) is 26.6. The van der Waals surface area contributed by atoms with Crippen LogP contribution < -0.4 is 16.3 Å². The number of phosphoric acid groups is 1. The number of hydrogen-bond acceptors (Lipinski definition) is 12. The number of carbonyl (C=O) groups is 1. The number of nitrogen functional groups attached to an aromatic ring is 1. The van der Waals surface area contributed by atoms with Crippen LogP contribution in [0.1, 0.15) is 47.8 Å². The van der Waals surface area contributed by atoms with Gasteiger partial charge in [0, 0.05) is 6.20 Å². The van der Waals surface area contributed by atoms with Gasteiger partial charge >= 0.3 is 11.8 Å². The third kappa shape index (κ3) is 8.92. The number of ether oxygens (including phenoxy) is 4. The highest BCUT2D eigenvalue weighted by molar-refractivity contribution is 7.45. The number of aromatic nitrogens is 2. The Kier molecular flexibility index (Phi) is 9.10. The van der Waals surface area contributed by atoms with Gasteiger partial charge in [0.2, 0.25) is 0 Å². The molecule has 0 aromatic carbocycles. The van der Waals surface area contributed by atoms with E-state index in [1.807, 2.05) is 0 Å². The molecule has 35 heavy (non-hydrogen) atoms. The highest BCUT2D eigenvalue weighted by atomic mass is 31.2. The standard InChI is InChI=1S/C21H32N3O10P/c1-8-11-29-19(26)32-16-15(33-35(27,28)34-21(5,6)7)13(12-30-20(2,3)4)31-17(16)24-10-9-14(22)23-18(24)25/h1,9-10,13,15-17H,11-12H2,2-7H3,(H,27,28)(H2,22,23,25)/p-1/t13-,15?,16+,17-/m1/s1. The fourth-order valence-electron chi connectivity index (χ4n) is 3.02. The van der Waals surface area contributed by atoms with Crippen molar-refractivity contribution in [3.05, 3.63) is 22.7 Å². The quantitative estimate of drug-likeness (QED) is 0.299. The number of terminal acetylenes is 1. The first-order valence-electron chi connectivity index (χ1n) is 10.6. The van der Waals surface area contributed by atoms with E-state index in [0.29, 0.717) is 0 Å². The molecule has 1 aromatic rings. The van der Waals surface area contributed by atoms with Crippen molar-refractivity contribution in [1.29, 1.82) is 0 Å². The average molecular weight is 516 g/mol. The van der Waals surface area contributed by atoms with E-state index in [0.717, 1.165) is 4.57 Å². The number of rotatable bonds is 8. The van der Waals surface area contributed by atoms with Crippen LogP contribution in [-0.2, 0) is 32.6 Å². The lowest BCUT2D eigenvalue weighted by Crippen LogP contribution is -2.42. The summed E-state index contributed by atoms with van der Waals surface area (Å²) in [6.45, 7) is 9.27. The molecule has 0 saturated carbocycles. The van der Waals surface area contributed by atoms with Gasteiger partial charge in [0.1, 0.15) is 18.0 Å². The van der Waals surface area contributed by atoms with E-state index in [1.54, 1.807) is 20.8 Å². The van der Waals surface area contributed by atoms with Gasteiger partial charge in [-0.15, -0.1) is 6.42 Å². The molecule has 5 atom stereocenters. The molecule has 1 aliphatic rings. The number of nitrogens with two attached hydrogens (primary N) is 1. The van der Waals surface area contributed by atoms with Gasteiger partial charge in [0.25, 0.3) is 7.82 Å². The van der Waals surface area contributed by atoms with Crippen LogP contribution in [0, 0.1) is 12.3 Å². The molecule has 0 amide bonds. The van der Waals surface area contributed by atoms with Gasteiger partial charge < -0.3 is 38.6 Å². The van der Waals surface area contributed by atoms with Crippen LogP contribution in [0.25, 0.3) is 0 Å². The molecule has 2 heterocycles.